The average Bonchev–Trinajstić information content (AvgIpc) is 2.24. The first-order valence-corrected chi connectivity index (χ1v) is 5.55. The van der Waals surface area contributed by atoms with Crippen molar-refractivity contribution in [1.29, 1.82) is 0 Å². The van der Waals surface area contributed by atoms with Gasteiger partial charge in [0.2, 0.25) is 5.88 Å². The van der Waals surface area contributed by atoms with Crippen LogP contribution in [0.1, 0.15) is 38.3 Å². The van der Waals surface area contributed by atoms with Crippen molar-refractivity contribution in [3.8, 4) is 5.88 Å². The second-order valence-electron chi connectivity index (χ2n) is 4.43. The molecule has 0 amide bonds. The number of nitrogens with zero attached hydrogens (tertiary/aromatic N) is 1. The highest BCUT2D eigenvalue weighted by Gasteiger charge is 2.28. The summed E-state index contributed by atoms with van der Waals surface area (Å²) in [5, 5.41) is 0. The molecule has 15 heavy (non-hydrogen) atoms. The van der Waals surface area contributed by atoms with E-state index in [0.29, 0.717) is 12.0 Å². The van der Waals surface area contributed by atoms with E-state index in [9.17, 15) is 0 Å². The summed E-state index contributed by atoms with van der Waals surface area (Å²) in [5.74, 6) is 1.39. The van der Waals surface area contributed by atoms with E-state index in [1.165, 1.54) is 6.42 Å². The Labute approximate surface area is 90.7 Å². The third-order valence-corrected chi connectivity index (χ3v) is 3.10. The fraction of sp³-hybridized carbons (Fsp3) is 0.583. The van der Waals surface area contributed by atoms with E-state index in [0.717, 1.165) is 17.9 Å². The smallest absolute Gasteiger partial charge is 0.213 e. The summed E-state index contributed by atoms with van der Waals surface area (Å²) < 4.78 is 5.75. The van der Waals surface area contributed by atoms with Gasteiger partial charge in [0.1, 0.15) is 6.10 Å². The molecule has 1 heterocycles. The molecule has 82 valence electrons. The summed E-state index contributed by atoms with van der Waals surface area (Å²) in [5.41, 5.74) is 6.79. The van der Waals surface area contributed by atoms with Gasteiger partial charge in [0.25, 0.3) is 0 Å². The molecule has 0 spiro atoms. The quantitative estimate of drug-likeness (QED) is 0.825. The maximum Gasteiger partial charge on any atom is 0.213 e. The minimum atomic E-state index is 0.0363. The Morgan fingerprint density at radius 1 is 1.47 bits per heavy atom. The maximum atomic E-state index is 5.75. The van der Waals surface area contributed by atoms with Gasteiger partial charge in [-0.2, -0.15) is 0 Å². The zero-order valence-electron chi connectivity index (χ0n) is 9.31. The number of pyridine rings is 1. The topological polar surface area (TPSA) is 48.1 Å². The molecule has 0 radical (unpaired) electrons. The lowest BCUT2D eigenvalue weighted by molar-refractivity contribution is 0.0535. The fourth-order valence-corrected chi connectivity index (χ4v) is 1.70. The van der Waals surface area contributed by atoms with E-state index in [2.05, 4.69) is 11.9 Å². The molecule has 1 fully saturated rings. The predicted molar refractivity (Wildman–Crippen MR) is 59.7 cm³/mol. The third-order valence-electron chi connectivity index (χ3n) is 3.10. The molecule has 3 heteroatoms. The standard InChI is InChI=1S/C12H18N2O/c1-8-3-5-11(8)15-12-6-4-10(7-14-12)9(2)13/h4,6-9,11H,3,5,13H2,1-2H3/t8-,9+,11?/m1/s1. The Hall–Kier alpha value is -1.09. The third kappa shape index (κ3) is 2.29. The van der Waals surface area contributed by atoms with E-state index in [1.54, 1.807) is 6.20 Å². The van der Waals surface area contributed by atoms with Crippen molar-refractivity contribution in [2.24, 2.45) is 11.7 Å². The Morgan fingerprint density at radius 2 is 2.27 bits per heavy atom. The molecular weight excluding hydrogens is 188 g/mol. The summed E-state index contributed by atoms with van der Waals surface area (Å²) in [6.07, 6.45) is 4.57. The van der Waals surface area contributed by atoms with Gasteiger partial charge in [-0.25, -0.2) is 4.98 Å². The zero-order valence-corrected chi connectivity index (χ0v) is 9.31. The van der Waals surface area contributed by atoms with Crippen LogP contribution in [0.2, 0.25) is 0 Å². The zero-order chi connectivity index (χ0) is 10.8. The van der Waals surface area contributed by atoms with Gasteiger partial charge in [0, 0.05) is 18.3 Å². The molecule has 0 saturated heterocycles. The molecule has 1 aliphatic rings. The van der Waals surface area contributed by atoms with Crippen LogP contribution in [0.4, 0.5) is 0 Å². The lowest BCUT2D eigenvalue weighted by Gasteiger charge is -2.33. The normalized spacial score (nSPS) is 26.9. The highest BCUT2D eigenvalue weighted by molar-refractivity contribution is 5.20. The molecule has 2 N–H and O–H groups in total. The summed E-state index contributed by atoms with van der Waals surface area (Å²) in [4.78, 5) is 4.25. The first-order valence-electron chi connectivity index (χ1n) is 5.55. The lowest BCUT2D eigenvalue weighted by atomic mass is 9.84. The van der Waals surface area contributed by atoms with Crippen molar-refractivity contribution >= 4 is 0 Å². The number of hydrogen-bond acceptors (Lipinski definition) is 3. The van der Waals surface area contributed by atoms with E-state index < -0.39 is 0 Å². The van der Waals surface area contributed by atoms with Gasteiger partial charge < -0.3 is 10.5 Å². The van der Waals surface area contributed by atoms with Gasteiger partial charge in [-0.3, -0.25) is 0 Å². The van der Waals surface area contributed by atoms with Gasteiger partial charge >= 0.3 is 0 Å². The minimum absolute atomic E-state index is 0.0363. The minimum Gasteiger partial charge on any atom is -0.474 e. The summed E-state index contributed by atoms with van der Waals surface area (Å²) in [7, 11) is 0. The molecule has 2 rings (SSSR count). The largest absolute Gasteiger partial charge is 0.474 e. The van der Waals surface area contributed by atoms with E-state index in [4.69, 9.17) is 10.5 Å². The molecule has 0 aliphatic heterocycles. The van der Waals surface area contributed by atoms with Crippen LogP contribution in [0, 0.1) is 5.92 Å². The molecule has 1 aliphatic carbocycles. The van der Waals surface area contributed by atoms with Crippen LogP contribution in [0.5, 0.6) is 5.88 Å². The summed E-state index contributed by atoms with van der Waals surface area (Å²) >= 11 is 0. The van der Waals surface area contributed by atoms with Crippen LogP contribution in [0.25, 0.3) is 0 Å². The SMILES string of the molecule is C[C@H](N)c1ccc(OC2CC[C@H]2C)nc1. The number of ether oxygens (including phenoxy) is 1. The maximum absolute atomic E-state index is 5.75. The number of nitrogens with two attached hydrogens (primary N) is 1. The highest BCUT2D eigenvalue weighted by Crippen LogP contribution is 2.30. The molecule has 3 atom stereocenters. The van der Waals surface area contributed by atoms with Gasteiger partial charge in [0.15, 0.2) is 0 Å². The number of hydrogen-bond donors (Lipinski definition) is 1. The van der Waals surface area contributed by atoms with Gasteiger partial charge in [-0.15, -0.1) is 0 Å². The average molecular weight is 206 g/mol. The Bertz CT molecular complexity index is 321. The van der Waals surface area contributed by atoms with Crippen LogP contribution in [-0.4, -0.2) is 11.1 Å². The van der Waals surface area contributed by atoms with E-state index >= 15 is 0 Å². The summed E-state index contributed by atoms with van der Waals surface area (Å²) in [6, 6.07) is 3.93. The van der Waals surface area contributed by atoms with Crippen molar-refractivity contribution in [1.82, 2.24) is 4.98 Å². The number of aromatic nitrogens is 1. The molecular formula is C12H18N2O. The molecule has 1 aromatic heterocycles. The second-order valence-corrected chi connectivity index (χ2v) is 4.43. The van der Waals surface area contributed by atoms with Gasteiger partial charge in [-0.05, 0) is 31.2 Å². The van der Waals surface area contributed by atoms with E-state index in [1.807, 2.05) is 19.1 Å². The van der Waals surface area contributed by atoms with Crippen LogP contribution in [-0.2, 0) is 0 Å². The molecule has 1 aromatic rings. The van der Waals surface area contributed by atoms with Crippen molar-refractivity contribution in [2.45, 2.75) is 38.8 Å². The summed E-state index contributed by atoms with van der Waals surface area (Å²) in [6.45, 7) is 4.16. The lowest BCUT2D eigenvalue weighted by Crippen LogP contribution is -2.34. The molecule has 1 saturated carbocycles. The van der Waals surface area contributed by atoms with Crippen molar-refractivity contribution < 1.29 is 4.74 Å². The molecule has 0 aromatic carbocycles. The molecule has 0 bridgehead atoms. The highest BCUT2D eigenvalue weighted by atomic mass is 16.5. The van der Waals surface area contributed by atoms with Crippen LogP contribution in [0.3, 0.4) is 0 Å². The molecule has 1 unspecified atom stereocenters. The van der Waals surface area contributed by atoms with Crippen LogP contribution in [0.15, 0.2) is 18.3 Å². The van der Waals surface area contributed by atoms with Crippen molar-refractivity contribution in [3.05, 3.63) is 23.9 Å². The van der Waals surface area contributed by atoms with Crippen molar-refractivity contribution in [3.63, 3.8) is 0 Å². The first kappa shape index (κ1) is 10.4. The second kappa shape index (κ2) is 4.19. The fourth-order valence-electron chi connectivity index (χ4n) is 1.70. The Balaban J connectivity index is 1.98. The van der Waals surface area contributed by atoms with Crippen LogP contribution < -0.4 is 10.5 Å². The monoisotopic (exact) mass is 206 g/mol. The van der Waals surface area contributed by atoms with Gasteiger partial charge in [-0.1, -0.05) is 13.0 Å². The Morgan fingerprint density at radius 3 is 2.67 bits per heavy atom. The van der Waals surface area contributed by atoms with Crippen LogP contribution >= 0.6 is 0 Å². The Kier molecular flexibility index (Phi) is 2.91. The predicted octanol–water partition coefficient (Wildman–Crippen LogP) is 2.28. The number of rotatable bonds is 3. The first-order chi connectivity index (χ1) is 7.16. The molecule has 3 nitrogen and oxygen atoms in total. The van der Waals surface area contributed by atoms with E-state index in [-0.39, 0.29) is 6.04 Å². The van der Waals surface area contributed by atoms with Crippen molar-refractivity contribution in [2.75, 3.05) is 0 Å². The van der Waals surface area contributed by atoms with Gasteiger partial charge in [0.05, 0.1) is 0 Å².